The number of nitrogens with zero attached hydrogens (tertiary/aromatic N) is 8. The maximum Gasteiger partial charge on any atom is 0.643 e. The Kier molecular flexibility index (Phi) is 17.5. The zero-order valence-electron chi connectivity index (χ0n) is 34.2. The molecule has 5 aromatic carbocycles. The van der Waals surface area contributed by atoms with E-state index >= 15 is 0 Å². The van der Waals surface area contributed by atoms with Crippen molar-refractivity contribution in [2.75, 3.05) is 0 Å². The van der Waals surface area contributed by atoms with Crippen LogP contribution < -0.4 is 0 Å². The fourth-order valence-corrected chi connectivity index (χ4v) is 6.52. The van der Waals surface area contributed by atoms with Gasteiger partial charge in [-0.1, -0.05) is 66.7 Å². The third-order valence-electron chi connectivity index (χ3n) is 9.00. The molecule has 0 saturated heterocycles. The molecule has 0 radical (unpaired) electrons. The Morgan fingerprint density at radius 2 is 0.773 bits per heavy atom. The first-order chi connectivity index (χ1) is 31.7. The Morgan fingerprint density at radius 1 is 0.394 bits per heavy atom. The molecule has 0 amide bonds. The van der Waals surface area contributed by atoms with Crippen LogP contribution >= 0.6 is 53.3 Å². The van der Waals surface area contributed by atoms with Crippen LogP contribution in [0.4, 0.5) is 0 Å². The van der Waals surface area contributed by atoms with Gasteiger partial charge in [0.1, 0.15) is 34.5 Å². The third-order valence-corrected chi connectivity index (χ3v) is 9.34. The van der Waals surface area contributed by atoms with Crippen molar-refractivity contribution >= 4 is 64.7 Å². The molecule has 0 unspecified atom stereocenters. The number of phenolic OH excluding ortho intramolecular Hbond substituents is 6. The summed E-state index contributed by atoms with van der Waals surface area (Å²) >= 11 is 9.93. The largest absolute Gasteiger partial charge is 0.643 e. The van der Waals surface area contributed by atoms with E-state index in [2.05, 4.69) is 42.0 Å². The molecular weight excluding hydrogens is 965 g/mol. The molecule has 20 heteroatoms. The molecule has 66 heavy (non-hydrogen) atoms. The van der Waals surface area contributed by atoms with Gasteiger partial charge >= 0.3 is 11.4 Å². The Morgan fingerprint density at radius 3 is 1.15 bits per heavy atom. The fourth-order valence-electron chi connectivity index (χ4n) is 6.15. The summed E-state index contributed by atoms with van der Waals surface area (Å²) in [5.41, 5.74) is 4.44. The van der Waals surface area contributed by atoms with Gasteiger partial charge in [0.2, 0.25) is 10.6 Å². The van der Waals surface area contributed by atoms with Gasteiger partial charge in [-0.3, -0.25) is 0 Å². The summed E-state index contributed by atoms with van der Waals surface area (Å²) in [4.78, 5) is 25.6. The van der Waals surface area contributed by atoms with E-state index in [4.69, 9.17) is 63.6 Å². The molecule has 9 rings (SSSR count). The van der Waals surface area contributed by atoms with E-state index in [-0.39, 0.29) is 56.7 Å². The SMILES string of the molecule is Clc1nc(Cl)nc(-c2cccn2Cc2ccccc2)n1.Oc1ccc(-c2nc(-c3ccc(O)cc3O)nc(-c3cccn3Cc3ccccc3)n2)c(O)c1.Oc1cccc(O)c1.[Cl][Al]([Cl])[Cl]. The highest BCUT2D eigenvalue weighted by Gasteiger charge is 2.19. The number of aromatic nitrogens is 8. The van der Waals surface area contributed by atoms with E-state index in [0.717, 1.165) is 17.8 Å². The van der Waals surface area contributed by atoms with Crippen molar-refractivity contribution in [1.82, 2.24) is 39.0 Å². The van der Waals surface area contributed by atoms with Crippen molar-refractivity contribution in [3.8, 4) is 80.3 Å². The van der Waals surface area contributed by atoms with Crippen molar-refractivity contribution in [3.63, 3.8) is 0 Å². The lowest BCUT2D eigenvalue weighted by Crippen LogP contribution is -2.05. The van der Waals surface area contributed by atoms with Gasteiger partial charge in [0.05, 0.1) is 22.5 Å². The predicted octanol–water partition coefficient (Wildman–Crippen LogP) is 11.0. The van der Waals surface area contributed by atoms with Crippen molar-refractivity contribution in [2.45, 2.75) is 13.1 Å². The summed E-state index contributed by atoms with van der Waals surface area (Å²) in [7, 11) is 14.8. The van der Waals surface area contributed by atoms with Crippen molar-refractivity contribution in [1.29, 1.82) is 0 Å². The molecule has 0 bridgehead atoms. The maximum absolute atomic E-state index is 10.4. The van der Waals surface area contributed by atoms with Gasteiger partial charge in [-0.15, -0.1) is 0 Å². The van der Waals surface area contributed by atoms with E-state index in [1.165, 1.54) is 60.2 Å². The summed E-state index contributed by atoms with van der Waals surface area (Å²) in [5.74, 6) is 0.726. The number of halogens is 5. The number of aromatic hydroxyl groups is 6. The summed E-state index contributed by atoms with van der Waals surface area (Å²) in [6, 6.07) is 41.8. The molecule has 0 saturated carbocycles. The lowest BCUT2D eigenvalue weighted by molar-refractivity contribution is 0.449. The lowest BCUT2D eigenvalue weighted by Gasteiger charge is -2.12. The van der Waals surface area contributed by atoms with E-state index in [1.807, 2.05) is 94.3 Å². The molecule has 14 nitrogen and oxygen atoms in total. The molecule has 0 fully saturated rings. The van der Waals surface area contributed by atoms with Crippen LogP contribution in [0.2, 0.25) is 10.6 Å². The first kappa shape index (κ1) is 48.9. The fraction of sp³-hybridized carbons (Fsp3) is 0.0435. The van der Waals surface area contributed by atoms with Gasteiger partial charge in [0.25, 0.3) is 0 Å². The zero-order valence-corrected chi connectivity index (χ0v) is 39.1. The molecule has 6 N–H and O–H groups in total. The molecule has 9 aromatic rings. The van der Waals surface area contributed by atoms with Crippen molar-refractivity contribution < 1.29 is 30.6 Å². The van der Waals surface area contributed by atoms with Crippen LogP contribution in [0.5, 0.6) is 34.5 Å². The number of phenols is 6. The monoisotopic (exact) mass is 998 g/mol. The summed E-state index contributed by atoms with van der Waals surface area (Å²) in [6.07, 6.45) is 3.88. The minimum atomic E-state index is -1.72. The molecule has 0 aliphatic carbocycles. The number of hydrogen-bond acceptors (Lipinski definition) is 12. The van der Waals surface area contributed by atoms with Gasteiger partial charge in [-0.2, -0.15) is 15.0 Å². The topological polar surface area (TPSA) is 209 Å². The van der Waals surface area contributed by atoms with Gasteiger partial charge in [-0.05, 0) is 95.0 Å². The van der Waals surface area contributed by atoms with Crippen LogP contribution in [-0.4, -0.2) is 81.1 Å². The van der Waals surface area contributed by atoms with Crippen LogP contribution in [0.25, 0.3) is 45.8 Å². The van der Waals surface area contributed by atoms with Gasteiger partial charge < -0.3 is 39.8 Å². The normalized spacial score (nSPS) is 10.4. The second-order valence-electron chi connectivity index (χ2n) is 13.7. The van der Waals surface area contributed by atoms with Crippen LogP contribution in [0.3, 0.4) is 0 Å². The first-order valence-corrected chi connectivity index (χ1v) is 25.4. The minimum absolute atomic E-state index is 0.0880. The highest BCUT2D eigenvalue weighted by molar-refractivity contribution is 7.54. The quantitative estimate of drug-likeness (QED) is 0.0786. The average molecular weight is 1000 g/mol. The predicted molar refractivity (Wildman–Crippen MR) is 258 cm³/mol. The Balaban J connectivity index is 0.000000188. The molecule has 0 aliphatic rings. The number of rotatable bonds is 8. The van der Waals surface area contributed by atoms with E-state index in [0.29, 0.717) is 35.0 Å². The van der Waals surface area contributed by atoms with Gasteiger partial charge in [0, 0.05) is 43.7 Å². The van der Waals surface area contributed by atoms with Crippen molar-refractivity contribution in [2.24, 2.45) is 0 Å². The highest BCUT2D eigenvalue weighted by Crippen LogP contribution is 2.35. The second-order valence-corrected chi connectivity index (χ2v) is 20.8. The second kappa shape index (κ2) is 23.6. The highest BCUT2D eigenvalue weighted by atomic mass is 35.8. The first-order valence-electron chi connectivity index (χ1n) is 19.4. The molecular formula is C46H36AlCl5N8O6. The van der Waals surface area contributed by atoms with Crippen LogP contribution in [0, 0.1) is 0 Å². The summed E-state index contributed by atoms with van der Waals surface area (Å²) in [6.45, 7) is 1.32. The Bertz CT molecular complexity index is 2890. The zero-order chi connectivity index (χ0) is 47.2. The molecule has 4 aromatic heterocycles. The van der Waals surface area contributed by atoms with E-state index < -0.39 is 11.4 Å². The van der Waals surface area contributed by atoms with Crippen LogP contribution in [-0.2, 0) is 13.1 Å². The van der Waals surface area contributed by atoms with Crippen molar-refractivity contribution in [3.05, 3.63) is 180 Å². The van der Waals surface area contributed by atoms with E-state index in [9.17, 15) is 20.4 Å². The average Bonchev–Trinajstić information content (AvgIpc) is 3.94. The van der Waals surface area contributed by atoms with Crippen LogP contribution in [0.1, 0.15) is 11.1 Å². The maximum atomic E-state index is 10.4. The number of benzene rings is 5. The Hall–Kier alpha value is -6.54. The van der Waals surface area contributed by atoms with Gasteiger partial charge in [-0.25, -0.2) is 45.1 Å². The van der Waals surface area contributed by atoms with Crippen LogP contribution in [0.15, 0.2) is 158 Å². The third kappa shape index (κ3) is 14.2. The smallest absolute Gasteiger partial charge is 0.508 e. The standard InChI is InChI=1S/C26H20N4O4.C14H10Cl2N4.C6H6O2.Al.3ClH/c31-17-8-10-19(22(33)13-17)24-27-25(20-11-9-18(32)14-23(20)34)29-26(28-24)21-7-4-12-30(21)15-16-5-2-1-3-6-16;15-13-17-12(18-14(16)19-13)11-7-4-8-20(11)9-10-5-2-1-3-6-10;7-5-2-1-3-6(8)4-5;;;;/h1-14,31-34H,15H2;1-8H,9H2;1-4,7-8H;;3*1H/q;;;+3;;;/p-3. The lowest BCUT2D eigenvalue weighted by atomic mass is 10.1. The Labute approximate surface area is 404 Å². The molecule has 0 spiro atoms. The molecule has 0 aliphatic heterocycles. The minimum Gasteiger partial charge on any atom is -0.508 e. The summed E-state index contributed by atoms with van der Waals surface area (Å²) in [5, 5.41) is 57.7. The number of hydrogen-bond donors (Lipinski definition) is 6. The van der Waals surface area contributed by atoms with Gasteiger partial charge in [0.15, 0.2) is 23.3 Å². The van der Waals surface area contributed by atoms with E-state index in [1.54, 1.807) is 6.07 Å². The molecule has 4 heterocycles. The molecule has 334 valence electrons. The summed E-state index contributed by atoms with van der Waals surface area (Å²) < 4.78 is 4.03. The molecule has 0 atom stereocenters.